The van der Waals surface area contributed by atoms with E-state index in [1.165, 1.54) is 0 Å². The van der Waals surface area contributed by atoms with Crippen LogP contribution in [0.3, 0.4) is 0 Å². The van der Waals surface area contributed by atoms with Gasteiger partial charge in [0.05, 0.1) is 11.6 Å². The summed E-state index contributed by atoms with van der Waals surface area (Å²) in [6.07, 6.45) is 0.127. The number of nitrogens with one attached hydrogen (secondary N) is 1. The van der Waals surface area contributed by atoms with Gasteiger partial charge in [-0.3, -0.25) is 9.48 Å². The summed E-state index contributed by atoms with van der Waals surface area (Å²) in [6.45, 7) is 2.14. The quantitative estimate of drug-likeness (QED) is 0.849. The number of hydrogen-bond acceptors (Lipinski definition) is 3. The van der Waals surface area contributed by atoms with Gasteiger partial charge >= 0.3 is 0 Å². The van der Waals surface area contributed by atoms with Gasteiger partial charge in [-0.2, -0.15) is 5.10 Å². The first kappa shape index (κ1) is 12.6. The van der Waals surface area contributed by atoms with Crippen molar-refractivity contribution in [2.75, 3.05) is 6.54 Å². The molecule has 1 heterocycles. The van der Waals surface area contributed by atoms with Gasteiger partial charge in [0.1, 0.15) is 0 Å². The second-order valence-corrected chi connectivity index (χ2v) is 4.38. The lowest BCUT2D eigenvalue weighted by molar-refractivity contribution is 0.0941. The summed E-state index contributed by atoms with van der Waals surface area (Å²) >= 11 is 0. The van der Waals surface area contributed by atoms with E-state index in [0.717, 1.165) is 10.9 Å². The minimum Gasteiger partial charge on any atom is -0.393 e. The second kappa shape index (κ2) is 5.18. The van der Waals surface area contributed by atoms with Crippen LogP contribution in [0.1, 0.15) is 23.8 Å². The molecule has 2 N–H and O–H groups in total. The predicted molar refractivity (Wildman–Crippen MR) is 69.3 cm³/mol. The first-order chi connectivity index (χ1) is 8.59. The number of carbonyl (C=O) groups excluding carboxylic acids is 1. The minimum absolute atomic E-state index is 0.201. The molecule has 5 nitrogen and oxygen atoms in total. The van der Waals surface area contributed by atoms with Crippen LogP contribution in [0.4, 0.5) is 0 Å². The molecule has 0 saturated heterocycles. The molecule has 18 heavy (non-hydrogen) atoms. The molecule has 0 saturated carbocycles. The van der Waals surface area contributed by atoms with Gasteiger partial charge in [-0.1, -0.05) is 18.2 Å². The Bertz CT molecular complexity index is 560. The lowest BCUT2D eigenvalue weighted by Crippen LogP contribution is -2.27. The molecule has 1 amide bonds. The summed E-state index contributed by atoms with van der Waals surface area (Å²) in [7, 11) is 1.81. The summed E-state index contributed by atoms with van der Waals surface area (Å²) in [6, 6.07) is 7.61. The highest BCUT2D eigenvalue weighted by Gasteiger charge is 2.15. The van der Waals surface area contributed by atoms with Crippen LogP contribution < -0.4 is 5.32 Å². The maximum atomic E-state index is 12.0. The number of aryl methyl sites for hydroxylation is 1. The zero-order valence-electron chi connectivity index (χ0n) is 10.6. The average Bonchev–Trinajstić information content (AvgIpc) is 2.67. The Labute approximate surface area is 105 Å². The van der Waals surface area contributed by atoms with Crippen LogP contribution >= 0.6 is 0 Å². The Kier molecular flexibility index (Phi) is 3.62. The SMILES string of the molecule is CC(O)CCNC(=O)c1nn(C)c2ccccc12. The molecule has 2 aromatic rings. The number of fused-ring (bicyclic) bond motifs is 1. The molecular formula is C13H17N3O2. The van der Waals surface area contributed by atoms with Gasteiger partial charge in [0.2, 0.25) is 0 Å². The van der Waals surface area contributed by atoms with Crippen LogP contribution in [-0.4, -0.2) is 33.4 Å². The number of aromatic nitrogens is 2. The van der Waals surface area contributed by atoms with Crippen molar-refractivity contribution in [3.05, 3.63) is 30.0 Å². The highest BCUT2D eigenvalue weighted by atomic mass is 16.3. The van der Waals surface area contributed by atoms with Crippen LogP contribution in [0.2, 0.25) is 0 Å². The molecule has 1 atom stereocenters. The Morgan fingerprint density at radius 1 is 1.50 bits per heavy atom. The van der Waals surface area contributed by atoms with Gasteiger partial charge in [0, 0.05) is 19.0 Å². The molecular weight excluding hydrogens is 230 g/mol. The summed E-state index contributed by atoms with van der Waals surface area (Å²) < 4.78 is 1.69. The van der Waals surface area contributed by atoms with E-state index >= 15 is 0 Å². The highest BCUT2D eigenvalue weighted by Crippen LogP contribution is 2.17. The van der Waals surface area contributed by atoms with Crippen molar-refractivity contribution in [3.63, 3.8) is 0 Å². The van der Waals surface area contributed by atoms with Gasteiger partial charge in [-0.25, -0.2) is 0 Å². The van der Waals surface area contributed by atoms with Gasteiger partial charge < -0.3 is 10.4 Å². The van der Waals surface area contributed by atoms with Crippen molar-refractivity contribution in [1.29, 1.82) is 0 Å². The molecule has 1 aromatic carbocycles. The minimum atomic E-state index is -0.411. The van der Waals surface area contributed by atoms with E-state index < -0.39 is 6.10 Å². The molecule has 1 unspecified atom stereocenters. The van der Waals surface area contributed by atoms with E-state index in [0.29, 0.717) is 18.7 Å². The summed E-state index contributed by atoms with van der Waals surface area (Å²) in [4.78, 5) is 12.0. The number of amides is 1. The lowest BCUT2D eigenvalue weighted by Gasteiger charge is -2.05. The molecule has 2 rings (SSSR count). The number of aliphatic hydroxyl groups is 1. The molecule has 0 bridgehead atoms. The summed E-state index contributed by atoms with van der Waals surface area (Å²) in [5, 5.41) is 17.0. The predicted octanol–water partition coefficient (Wildman–Crippen LogP) is 1.07. The fourth-order valence-corrected chi connectivity index (χ4v) is 1.86. The van der Waals surface area contributed by atoms with Gasteiger partial charge in [0.25, 0.3) is 5.91 Å². The standard InChI is InChI=1S/C13H17N3O2/c1-9(17)7-8-14-13(18)12-10-5-3-4-6-11(10)16(2)15-12/h3-6,9,17H,7-8H2,1-2H3,(H,14,18). The zero-order chi connectivity index (χ0) is 13.1. The Morgan fingerprint density at radius 3 is 2.94 bits per heavy atom. The third-order valence-electron chi connectivity index (χ3n) is 2.82. The molecule has 0 aliphatic carbocycles. The first-order valence-corrected chi connectivity index (χ1v) is 5.97. The number of benzene rings is 1. The zero-order valence-corrected chi connectivity index (χ0v) is 10.6. The molecule has 0 aliphatic heterocycles. The van der Waals surface area contributed by atoms with Crippen LogP contribution in [-0.2, 0) is 7.05 Å². The second-order valence-electron chi connectivity index (χ2n) is 4.38. The molecule has 0 spiro atoms. The smallest absolute Gasteiger partial charge is 0.272 e. The number of para-hydroxylation sites is 1. The van der Waals surface area contributed by atoms with Crippen LogP contribution in [0.5, 0.6) is 0 Å². The molecule has 0 radical (unpaired) electrons. The Balaban J connectivity index is 2.18. The van der Waals surface area contributed by atoms with Gasteiger partial charge in [-0.05, 0) is 19.4 Å². The number of nitrogens with zero attached hydrogens (tertiary/aromatic N) is 2. The average molecular weight is 247 g/mol. The van der Waals surface area contributed by atoms with Crippen molar-refractivity contribution >= 4 is 16.8 Å². The third-order valence-corrected chi connectivity index (χ3v) is 2.82. The maximum Gasteiger partial charge on any atom is 0.272 e. The van der Waals surface area contributed by atoms with E-state index in [-0.39, 0.29) is 5.91 Å². The van der Waals surface area contributed by atoms with E-state index in [2.05, 4.69) is 10.4 Å². The normalized spacial score (nSPS) is 12.6. The maximum absolute atomic E-state index is 12.0. The van der Waals surface area contributed by atoms with Crippen molar-refractivity contribution < 1.29 is 9.90 Å². The van der Waals surface area contributed by atoms with Crippen molar-refractivity contribution in [3.8, 4) is 0 Å². The fourth-order valence-electron chi connectivity index (χ4n) is 1.86. The Hall–Kier alpha value is -1.88. The van der Waals surface area contributed by atoms with E-state index in [4.69, 9.17) is 5.11 Å². The topological polar surface area (TPSA) is 67.2 Å². The molecule has 0 fully saturated rings. The van der Waals surface area contributed by atoms with Crippen LogP contribution in [0.25, 0.3) is 10.9 Å². The van der Waals surface area contributed by atoms with E-state index in [9.17, 15) is 4.79 Å². The molecule has 5 heteroatoms. The van der Waals surface area contributed by atoms with Gasteiger partial charge in [0.15, 0.2) is 5.69 Å². The van der Waals surface area contributed by atoms with E-state index in [1.807, 2.05) is 31.3 Å². The number of aliphatic hydroxyl groups excluding tert-OH is 1. The number of hydrogen-bond donors (Lipinski definition) is 2. The van der Waals surface area contributed by atoms with Crippen LogP contribution in [0.15, 0.2) is 24.3 Å². The van der Waals surface area contributed by atoms with Crippen molar-refractivity contribution in [1.82, 2.24) is 15.1 Å². The molecule has 1 aromatic heterocycles. The van der Waals surface area contributed by atoms with E-state index in [1.54, 1.807) is 11.6 Å². The van der Waals surface area contributed by atoms with Gasteiger partial charge in [-0.15, -0.1) is 0 Å². The third kappa shape index (κ3) is 2.51. The largest absolute Gasteiger partial charge is 0.393 e. The summed E-state index contributed by atoms with van der Waals surface area (Å²) in [5.41, 5.74) is 1.36. The number of rotatable bonds is 4. The highest BCUT2D eigenvalue weighted by molar-refractivity contribution is 6.04. The van der Waals surface area contributed by atoms with Crippen LogP contribution in [0, 0.1) is 0 Å². The monoisotopic (exact) mass is 247 g/mol. The number of carbonyl (C=O) groups is 1. The fraction of sp³-hybridized carbons (Fsp3) is 0.385. The van der Waals surface area contributed by atoms with Crippen molar-refractivity contribution in [2.24, 2.45) is 7.05 Å². The Morgan fingerprint density at radius 2 is 2.22 bits per heavy atom. The summed E-state index contributed by atoms with van der Waals surface area (Å²) in [5.74, 6) is -0.201. The van der Waals surface area contributed by atoms with Crippen molar-refractivity contribution in [2.45, 2.75) is 19.4 Å². The molecule has 0 aliphatic rings. The lowest BCUT2D eigenvalue weighted by atomic mass is 10.2. The first-order valence-electron chi connectivity index (χ1n) is 5.97. The molecule has 96 valence electrons.